The van der Waals surface area contributed by atoms with E-state index in [1.165, 1.54) is 26.3 Å². The summed E-state index contributed by atoms with van der Waals surface area (Å²) >= 11 is 0. The fourth-order valence-corrected chi connectivity index (χ4v) is 2.64. The van der Waals surface area contributed by atoms with Gasteiger partial charge in [0, 0.05) is 5.56 Å². The molecule has 0 aliphatic rings. The van der Waals surface area contributed by atoms with Gasteiger partial charge in [0.1, 0.15) is 16.7 Å². The fraction of sp³-hybridized carbons (Fsp3) is 0.385. The zero-order valence-corrected chi connectivity index (χ0v) is 13.2. The Morgan fingerprint density at radius 2 is 2.00 bits per heavy atom. The molecule has 1 unspecified atom stereocenters. The molecule has 0 aromatic heterocycles. The second-order valence-electron chi connectivity index (χ2n) is 4.35. The summed E-state index contributed by atoms with van der Waals surface area (Å²) in [7, 11) is -1.28. The summed E-state index contributed by atoms with van der Waals surface area (Å²) in [6, 6.07) is 2.78. The lowest BCUT2D eigenvalue weighted by atomic mass is 10.1. The molecule has 0 radical (unpaired) electrons. The van der Waals surface area contributed by atoms with E-state index < -0.39 is 27.9 Å². The van der Waals surface area contributed by atoms with Gasteiger partial charge in [-0.2, -0.15) is 0 Å². The molecule has 8 nitrogen and oxygen atoms in total. The third kappa shape index (κ3) is 3.95. The number of benzene rings is 1. The molecule has 0 spiro atoms. The monoisotopic (exact) mass is 330 g/mol. The first-order valence-corrected chi connectivity index (χ1v) is 7.90. The van der Waals surface area contributed by atoms with E-state index in [-0.39, 0.29) is 22.6 Å². The van der Waals surface area contributed by atoms with Gasteiger partial charge in [0.15, 0.2) is 0 Å². The molecule has 1 amide bonds. The molecule has 3 N–H and O–H groups in total. The number of amides is 1. The maximum Gasteiger partial charge on any atom is 0.326 e. The van der Waals surface area contributed by atoms with Gasteiger partial charge >= 0.3 is 5.97 Å². The summed E-state index contributed by atoms with van der Waals surface area (Å²) in [6.07, 6.45) is 0.207. The summed E-state index contributed by atoms with van der Waals surface area (Å²) < 4.78 is 30.9. The molecule has 0 bridgehead atoms. The van der Waals surface area contributed by atoms with Crippen molar-refractivity contribution in [3.8, 4) is 5.75 Å². The van der Waals surface area contributed by atoms with Crippen LogP contribution in [0.3, 0.4) is 0 Å². The first kappa shape index (κ1) is 17.9. The Hall–Kier alpha value is -2.13. The zero-order chi connectivity index (χ0) is 16.9. The van der Waals surface area contributed by atoms with E-state index >= 15 is 0 Å². The molecular weight excluding hydrogens is 312 g/mol. The van der Waals surface area contributed by atoms with Crippen LogP contribution in [0.15, 0.2) is 23.1 Å². The highest BCUT2D eigenvalue weighted by atomic mass is 32.2. The number of hydrogen-bond acceptors (Lipinski definition) is 5. The smallest absolute Gasteiger partial charge is 0.326 e. The third-order valence-electron chi connectivity index (χ3n) is 3.00. The maximum atomic E-state index is 12.1. The lowest BCUT2D eigenvalue weighted by molar-refractivity contribution is -0.139. The van der Waals surface area contributed by atoms with Gasteiger partial charge in [0.25, 0.3) is 5.91 Å². The first-order chi connectivity index (χ1) is 10.3. The minimum atomic E-state index is -3.82. The summed E-state index contributed by atoms with van der Waals surface area (Å²) in [5.41, 5.74) is 0.0225. The molecule has 0 fully saturated rings. The number of ether oxygens (including phenoxy) is 1. The van der Waals surface area contributed by atoms with Crippen molar-refractivity contribution in [2.45, 2.75) is 24.3 Å². The number of aliphatic carboxylic acids is 1. The molecule has 0 aliphatic heterocycles. The van der Waals surface area contributed by atoms with Crippen molar-refractivity contribution in [2.24, 2.45) is 0 Å². The standard InChI is InChI=1S/C13H18N2O6S/c1-4-9(13(17)18)15-12(16)8-5-6-10(21-3)11(7-8)22(19,20)14-2/h5-7,9,14H,4H2,1-3H3,(H,15,16)(H,17,18). The zero-order valence-electron chi connectivity index (χ0n) is 12.4. The highest BCUT2D eigenvalue weighted by molar-refractivity contribution is 7.89. The van der Waals surface area contributed by atoms with E-state index in [4.69, 9.17) is 9.84 Å². The normalized spacial score (nSPS) is 12.5. The Morgan fingerprint density at radius 3 is 2.45 bits per heavy atom. The van der Waals surface area contributed by atoms with Gasteiger partial charge in [0.05, 0.1) is 7.11 Å². The fourth-order valence-electron chi connectivity index (χ4n) is 1.72. The van der Waals surface area contributed by atoms with Gasteiger partial charge in [0.2, 0.25) is 10.0 Å². The van der Waals surface area contributed by atoms with Gasteiger partial charge in [-0.25, -0.2) is 17.9 Å². The minimum absolute atomic E-state index is 0.0225. The third-order valence-corrected chi connectivity index (χ3v) is 4.43. The number of carbonyl (C=O) groups excluding carboxylic acids is 1. The van der Waals surface area contributed by atoms with E-state index in [9.17, 15) is 18.0 Å². The molecule has 122 valence electrons. The Morgan fingerprint density at radius 1 is 1.36 bits per heavy atom. The van der Waals surface area contributed by atoms with E-state index in [0.717, 1.165) is 6.07 Å². The molecule has 0 saturated heterocycles. The quantitative estimate of drug-likeness (QED) is 0.656. The number of carbonyl (C=O) groups is 2. The van der Waals surface area contributed by atoms with E-state index in [2.05, 4.69) is 10.0 Å². The SMILES string of the molecule is CCC(NC(=O)c1ccc(OC)c(S(=O)(=O)NC)c1)C(=O)O. The molecule has 22 heavy (non-hydrogen) atoms. The molecule has 9 heteroatoms. The molecule has 1 rings (SSSR count). The summed E-state index contributed by atoms with van der Waals surface area (Å²) in [6.45, 7) is 1.62. The highest BCUT2D eigenvalue weighted by Crippen LogP contribution is 2.24. The van der Waals surface area contributed by atoms with Crippen molar-refractivity contribution in [3.63, 3.8) is 0 Å². The van der Waals surface area contributed by atoms with Crippen molar-refractivity contribution in [3.05, 3.63) is 23.8 Å². The summed E-state index contributed by atoms with van der Waals surface area (Å²) in [4.78, 5) is 22.8. The van der Waals surface area contributed by atoms with Crippen LogP contribution >= 0.6 is 0 Å². The van der Waals surface area contributed by atoms with Crippen LogP contribution in [-0.4, -0.2) is 45.6 Å². The van der Waals surface area contributed by atoms with Crippen molar-refractivity contribution < 1.29 is 27.9 Å². The molecule has 0 saturated carbocycles. The molecule has 1 atom stereocenters. The summed E-state index contributed by atoms with van der Waals surface area (Å²) in [5, 5.41) is 11.3. The second-order valence-corrected chi connectivity index (χ2v) is 6.20. The van der Waals surface area contributed by atoms with Crippen molar-refractivity contribution in [2.75, 3.05) is 14.2 Å². The number of hydrogen-bond donors (Lipinski definition) is 3. The second kappa shape index (κ2) is 7.23. The van der Waals surface area contributed by atoms with E-state index in [1.54, 1.807) is 6.92 Å². The van der Waals surface area contributed by atoms with Crippen LogP contribution in [0.5, 0.6) is 5.75 Å². The lowest BCUT2D eigenvalue weighted by Gasteiger charge is -2.14. The van der Waals surface area contributed by atoms with Gasteiger partial charge in [-0.3, -0.25) is 4.79 Å². The van der Waals surface area contributed by atoms with Crippen LogP contribution in [0.2, 0.25) is 0 Å². The van der Waals surface area contributed by atoms with Crippen LogP contribution in [0.4, 0.5) is 0 Å². The number of methoxy groups -OCH3 is 1. The number of carboxylic acid groups (broad SMARTS) is 1. The van der Waals surface area contributed by atoms with Gasteiger partial charge < -0.3 is 15.2 Å². The molecule has 0 aliphatic carbocycles. The van der Waals surface area contributed by atoms with E-state index in [1.807, 2.05) is 0 Å². The van der Waals surface area contributed by atoms with E-state index in [0.29, 0.717) is 0 Å². The molecule has 1 aromatic carbocycles. The highest BCUT2D eigenvalue weighted by Gasteiger charge is 2.22. The summed E-state index contributed by atoms with van der Waals surface area (Å²) in [5.74, 6) is -1.76. The number of rotatable bonds is 7. The Bertz CT molecular complexity index is 671. The van der Waals surface area contributed by atoms with Crippen LogP contribution in [0, 0.1) is 0 Å². The molecular formula is C13H18N2O6S. The Kier molecular flexibility index (Phi) is 5.89. The van der Waals surface area contributed by atoms with Crippen LogP contribution in [0.1, 0.15) is 23.7 Å². The van der Waals surface area contributed by atoms with Crippen LogP contribution in [0.25, 0.3) is 0 Å². The van der Waals surface area contributed by atoms with Crippen LogP contribution < -0.4 is 14.8 Å². The number of carboxylic acids is 1. The van der Waals surface area contributed by atoms with Gasteiger partial charge in [-0.15, -0.1) is 0 Å². The van der Waals surface area contributed by atoms with Crippen molar-refractivity contribution in [1.29, 1.82) is 0 Å². The first-order valence-electron chi connectivity index (χ1n) is 6.42. The molecule has 1 aromatic rings. The van der Waals surface area contributed by atoms with Gasteiger partial charge in [-0.1, -0.05) is 6.92 Å². The predicted molar refractivity (Wildman–Crippen MR) is 78.4 cm³/mol. The predicted octanol–water partition coefficient (Wildman–Crippen LogP) is 0.196. The van der Waals surface area contributed by atoms with Crippen LogP contribution in [-0.2, 0) is 14.8 Å². The molecule has 0 heterocycles. The Labute approximate surface area is 128 Å². The largest absolute Gasteiger partial charge is 0.495 e. The van der Waals surface area contributed by atoms with Gasteiger partial charge in [-0.05, 0) is 31.7 Å². The maximum absolute atomic E-state index is 12.1. The average Bonchev–Trinajstić information content (AvgIpc) is 2.51. The number of nitrogens with one attached hydrogen (secondary N) is 2. The topological polar surface area (TPSA) is 122 Å². The van der Waals surface area contributed by atoms with Crippen molar-refractivity contribution >= 4 is 21.9 Å². The average molecular weight is 330 g/mol. The Balaban J connectivity index is 3.20. The minimum Gasteiger partial charge on any atom is -0.495 e. The lowest BCUT2D eigenvalue weighted by Crippen LogP contribution is -2.40. The number of sulfonamides is 1. The van der Waals surface area contributed by atoms with Crippen molar-refractivity contribution in [1.82, 2.24) is 10.0 Å².